The number of hydrogen-bond donors (Lipinski definition) is 0. The molecule has 1 aromatic rings. The van der Waals surface area contributed by atoms with Crippen molar-refractivity contribution in [2.24, 2.45) is 0 Å². The lowest BCUT2D eigenvalue weighted by atomic mass is 9.90. The summed E-state index contributed by atoms with van der Waals surface area (Å²) in [5.74, 6) is 0. The molecule has 0 atom stereocenters. The van der Waals surface area contributed by atoms with Gasteiger partial charge in [0, 0.05) is 12.6 Å². The van der Waals surface area contributed by atoms with Crippen molar-refractivity contribution in [3.63, 3.8) is 0 Å². The molecule has 1 nitrogen and oxygen atoms in total. The summed E-state index contributed by atoms with van der Waals surface area (Å²) in [6, 6.07) is 10.5. The van der Waals surface area contributed by atoms with Crippen LogP contribution in [0, 0.1) is 0 Å². The Balaban J connectivity index is 1.63. The molecule has 0 amide bonds. The minimum absolute atomic E-state index is 0.555. The van der Waals surface area contributed by atoms with Gasteiger partial charge in [0.15, 0.2) is 0 Å². The minimum atomic E-state index is 0.555. The summed E-state index contributed by atoms with van der Waals surface area (Å²) in [5.41, 5.74) is 3.67. The molecule has 1 heteroatoms. The van der Waals surface area contributed by atoms with Crippen LogP contribution in [0.1, 0.15) is 89.2 Å². The van der Waals surface area contributed by atoms with E-state index in [1.807, 2.05) is 0 Å². The molecule has 0 aromatic heterocycles. The molecule has 2 saturated carbocycles. The molecule has 1 aromatic carbocycles. The van der Waals surface area contributed by atoms with Crippen LogP contribution in [0.5, 0.6) is 0 Å². The molecule has 0 unspecified atom stereocenters. The fourth-order valence-corrected chi connectivity index (χ4v) is 4.63. The van der Waals surface area contributed by atoms with E-state index in [4.69, 9.17) is 0 Å². The highest BCUT2D eigenvalue weighted by atomic mass is 15.1. The van der Waals surface area contributed by atoms with Gasteiger partial charge >= 0.3 is 0 Å². The van der Waals surface area contributed by atoms with Gasteiger partial charge in [-0.3, -0.25) is 4.90 Å². The fraction of sp³-hybridized carbons (Fsp3) is 0.727. The summed E-state index contributed by atoms with van der Waals surface area (Å²) in [7, 11) is 0. The second-order valence-corrected chi connectivity index (χ2v) is 7.99. The van der Waals surface area contributed by atoms with Crippen molar-refractivity contribution < 1.29 is 0 Å². The Morgan fingerprint density at radius 2 is 1.65 bits per heavy atom. The Hall–Kier alpha value is -0.820. The zero-order valence-electron chi connectivity index (χ0n) is 15.3. The molecule has 2 fully saturated rings. The molecule has 2 aliphatic carbocycles. The fourth-order valence-electron chi connectivity index (χ4n) is 4.63. The van der Waals surface area contributed by atoms with Crippen LogP contribution in [0.3, 0.4) is 0 Å². The summed E-state index contributed by atoms with van der Waals surface area (Å²) < 4.78 is 0. The van der Waals surface area contributed by atoms with Crippen LogP contribution in [0.25, 0.3) is 0 Å². The van der Waals surface area contributed by atoms with Crippen LogP contribution in [0.2, 0.25) is 0 Å². The van der Waals surface area contributed by atoms with Crippen LogP contribution in [0.4, 0.5) is 0 Å². The Labute approximate surface area is 143 Å². The zero-order chi connectivity index (χ0) is 16.1. The number of nitrogens with zero attached hydrogens (tertiary/aromatic N) is 1. The maximum atomic E-state index is 2.76. The van der Waals surface area contributed by atoms with Gasteiger partial charge in [-0.1, -0.05) is 63.8 Å². The quantitative estimate of drug-likeness (QED) is 0.563. The van der Waals surface area contributed by atoms with Crippen LogP contribution in [-0.4, -0.2) is 17.5 Å². The summed E-state index contributed by atoms with van der Waals surface area (Å²) >= 11 is 0. The van der Waals surface area contributed by atoms with Crippen LogP contribution < -0.4 is 0 Å². The van der Waals surface area contributed by atoms with Crippen molar-refractivity contribution in [3.05, 3.63) is 35.4 Å². The first kappa shape index (κ1) is 17.0. The van der Waals surface area contributed by atoms with Gasteiger partial charge < -0.3 is 0 Å². The number of benzene rings is 1. The van der Waals surface area contributed by atoms with E-state index >= 15 is 0 Å². The van der Waals surface area contributed by atoms with Gasteiger partial charge in [0.25, 0.3) is 0 Å². The molecule has 0 radical (unpaired) electrons. The molecule has 2 aliphatic rings. The maximum Gasteiger partial charge on any atom is 0.0236 e. The summed E-state index contributed by atoms with van der Waals surface area (Å²) in [6.07, 6.45) is 13.9. The lowest BCUT2D eigenvalue weighted by molar-refractivity contribution is 0.148. The van der Waals surface area contributed by atoms with Gasteiger partial charge in [0.1, 0.15) is 0 Å². The Kier molecular flexibility index (Phi) is 5.80. The highest BCUT2D eigenvalue weighted by Gasteiger charge is 2.42. The third-order valence-electron chi connectivity index (χ3n) is 6.14. The molecular weight excluding hydrogens is 278 g/mol. The van der Waals surface area contributed by atoms with Crippen molar-refractivity contribution in [2.75, 3.05) is 6.54 Å². The molecule has 0 spiro atoms. The second-order valence-electron chi connectivity index (χ2n) is 7.99. The Morgan fingerprint density at radius 3 is 2.22 bits per heavy atom. The normalized spacial score (nSPS) is 20.8. The Morgan fingerprint density at radius 1 is 0.957 bits per heavy atom. The predicted octanol–water partition coefficient (Wildman–Crippen LogP) is 6.06. The standard InChI is InChI=1S/C22H35N/c1-3-14-22(15-16-22)20-12-10-19(11-13-20)18-23(17-4-2)21-8-6-5-7-9-21/h10-13,21H,3-9,14-18H2,1-2H3. The number of rotatable bonds is 8. The van der Waals surface area contributed by atoms with E-state index < -0.39 is 0 Å². The van der Waals surface area contributed by atoms with Gasteiger partial charge in [0.2, 0.25) is 0 Å². The van der Waals surface area contributed by atoms with E-state index in [1.54, 1.807) is 5.56 Å². The molecule has 0 bridgehead atoms. The molecule has 3 rings (SSSR count). The van der Waals surface area contributed by atoms with Gasteiger partial charge in [0.05, 0.1) is 0 Å². The second kappa shape index (κ2) is 7.83. The predicted molar refractivity (Wildman–Crippen MR) is 99.8 cm³/mol. The zero-order valence-corrected chi connectivity index (χ0v) is 15.3. The topological polar surface area (TPSA) is 3.24 Å². The molecule has 0 heterocycles. The first-order chi connectivity index (χ1) is 11.3. The molecule has 0 aliphatic heterocycles. The largest absolute Gasteiger partial charge is 0.296 e. The SMILES string of the molecule is CCCN(Cc1ccc(C2(CCC)CC2)cc1)C1CCCCC1. The maximum absolute atomic E-state index is 2.76. The van der Waals surface area contributed by atoms with E-state index in [9.17, 15) is 0 Å². The molecule has 0 saturated heterocycles. The van der Waals surface area contributed by atoms with E-state index in [2.05, 4.69) is 43.0 Å². The van der Waals surface area contributed by atoms with Crippen LogP contribution in [-0.2, 0) is 12.0 Å². The van der Waals surface area contributed by atoms with E-state index in [-0.39, 0.29) is 0 Å². The first-order valence-electron chi connectivity index (χ1n) is 10.1. The van der Waals surface area contributed by atoms with Gasteiger partial charge in [-0.05, 0) is 61.6 Å². The van der Waals surface area contributed by atoms with Gasteiger partial charge in [-0.2, -0.15) is 0 Å². The van der Waals surface area contributed by atoms with E-state index in [0.717, 1.165) is 12.6 Å². The third-order valence-corrected chi connectivity index (χ3v) is 6.14. The Bertz CT molecular complexity index is 465. The van der Waals surface area contributed by atoms with Crippen molar-refractivity contribution >= 4 is 0 Å². The summed E-state index contributed by atoms with van der Waals surface area (Å²) in [4.78, 5) is 2.76. The van der Waals surface area contributed by atoms with Gasteiger partial charge in [-0.25, -0.2) is 0 Å². The summed E-state index contributed by atoms with van der Waals surface area (Å²) in [6.45, 7) is 7.05. The molecular formula is C22H35N. The van der Waals surface area contributed by atoms with Gasteiger partial charge in [-0.15, -0.1) is 0 Å². The molecule has 128 valence electrons. The van der Waals surface area contributed by atoms with Crippen molar-refractivity contribution in [2.45, 2.75) is 96.1 Å². The highest BCUT2D eigenvalue weighted by molar-refractivity contribution is 5.33. The third kappa shape index (κ3) is 4.18. The first-order valence-corrected chi connectivity index (χ1v) is 10.1. The van der Waals surface area contributed by atoms with E-state index in [0.29, 0.717) is 5.41 Å². The number of hydrogen-bond acceptors (Lipinski definition) is 1. The molecule has 0 N–H and O–H groups in total. The highest BCUT2D eigenvalue weighted by Crippen LogP contribution is 2.51. The molecule has 23 heavy (non-hydrogen) atoms. The minimum Gasteiger partial charge on any atom is -0.296 e. The lowest BCUT2D eigenvalue weighted by Crippen LogP contribution is -2.36. The van der Waals surface area contributed by atoms with Crippen LogP contribution in [0.15, 0.2) is 24.3 Å². The lowest BCUT2D eigenvalue weighted by Gasteiger charge is -2.34. The van der Waals surface area contributed by atoms with E-state index in [1.165, 1.54) is 76.3 Å². The van der Waals surface area contributed by atoms with Crippen LogP contribution >= 0.6 is 0 Å². The average Bonchev–Trinajstić information content (AvgIpc) is 3.37. The summed E-state index contributed by atoms with van der Waals surface area (Å²) in [5, 5.41) is 0. The smallest absolute Gasteiger partial charge is 0.0236 e. The van der Waals surface area contributed by atoms with Crippen molar-refractivity contribution in [1.29, 1.82) is 0 Å². The van der Waals surface area contributed by atoms with Crippen molar-refractivity contribution in [3.8, 4) is 0 Å². The monoisotopic (exact) mass is 313 g/mol. The average molecular weight is 314 g/mol. The van der Waals surface area contributed by atoms with Crippen molar-refractivity contribution in [1.82, 2.24) is 4.90 Å².